The summed E-state index contributed by atoms with van der Waals surface area (Å²) in [4.78, 5) is 10.8. The van der Waals surface area contributed by atoms with E-state index in [2.05, 4.69) is 0 Å². The summed E-state index contributed by atoms with van der Waals surface area (Å²) in [6, 6.07) is 13.0. The van der Waals surface area contributed by atoms with Crippen molar-refractivity contribution >= 4 is 5.97 Å². The van der Waals surface area contributed by atoms with Crippen molar-refractivity contribution in [3.8, 4) is 11.5 Å². The number of phenols is 1. The monoisotopic (exact) mass is 244 g/mol. The van der Waals surface area contributed by atoms with Gasteiger partial charge >= 0.3 is 5.97 Å². The smallest absolute Gasteiger partial charge is 0.335 e. The van der Waals surface area contributed by atoms with Gasteiger partial charge in [-0.25, -0.2) is 4.79 Å². The fraction of sp³-hybridized carbons (Fsp3) is 0.0714. The number of aromatic hydroxyl groups is 1. The van der Waals surface area contributed by atoms with E-state index in [-0.39, 0.29) is 17.9 Å². The first-order valence-corrected chi connectivity index (χ1v) is 5.39. The van der Waals surface area contributed by atoms with E-state index in [9.17, 15) is 9.90 Å². The van der Waals surface area contributed by atoms with Crippen molar-refractivity contribution in [1.29, 1.82) is 0 Å². The molecule has 0 amide bonds. The largest absolute Gasteiger partial charge is 0.508 e. The molecule has 2 aromatic rings. The summed E-state index contributed by atoms with van der Waals surface area (Å²) in [5.41, 5.74) is 0.991. The first-order valence-electron chi connectivity index (χ1n) is 5.39. The molecular formula is C14H12O4. The maximum atomic E-state index is 10.8. The van der Waals surface area contributed by atoms with Crippen molar-refractivity contribution in [1.82, 2.24) is 0 Å². The zero-order valence-corrected chi connectivity index (χ0v) is 9.54. The van der Waals surface area contributed by atoms with Crippen LogP contribution < -0.4 is 4.74 Å². The summed E-state index contributed by atoms with van der Waals surface area (Å²) in [7, 11) is 0. The van der Waals surface area contributed by atoms with Crippen LogP contribution in [-0.4, -0.2) is 16.2 Å². The predicted octanol–water partition coefficient (Wildman–Crippen LogP) is 2.67. The summed E-state index contributed by atoms with van der Waals surface area (Å²) < 4.78 is 5.45. The average molecular weight is 244 g/mol. The molecule has 0 aliphatic heterocycles. The summed E-state index contributed by atoms with van der Waals surface area (Å²) in [6.07, 6.45) is 0. The molecule has 0 atom stereocenters. The minimum absolute atomic E-state index is 0.131. The van der Waals surface area contributed by atoms with Crippen molar-refractivity contribution in [3.63, 3.8) is 0 Å². The minimum Gasteiger partial charge on any atom is -0.508 e. The number of carboxylic acid groups (broad SMARTS) is 1. The van der Waals surface area contributed by atoms with Crippen molar-refractivity contribution in [2.75, 3.05) is 0 Å². The molecule has 2 N–H and O–H groups in total. The van der Waals surface area contributed by atoms with Crippen molar-refractivity contribution in [2.45, 2.75) is 6.61 Å². The fourth-order valence-corrected chi connectivity index (χ4v) is 1.53. The quantitative estimate of drug-likeness (QED) is 0.867. The number of rotatable bonds is 4. The molecule has 2 aromatic carbocycles. The highest BCUT2D eigenvalue weighted by Gasteiger charge is 2.03. The molecule has 0 radical (unpaired) electrons. The molecule has 0 fully saturated rings. The Kier molecular flexibility index (Phi) is 3.48. The minimum atomic E-state index is -0.964. The van der Waals surface area contributed by atoms with Gasteiger partial charge in [0.1, 0.15) is 18.1 Å². The highest BCUT2D eigenvalue weighted by molar-refractivity contribution is 5.87. The Bertz CT molecular complexity index is 563. The molecule has 92 valence electrons. The summed E-state index contributed by atoms with van der Waals surface area (Å²) >= 11 is 0. The number of carbonyl (C=O) groups is 1. The molecule has 0 saturated heterocycles. The lowest BCUT2D eigenvalue weighted by molar-refractivity contribution is 0.0696. The Morgan fingerprint density at radius 2 is 1.89 bits per heavy atom. The molecule has 0 aliphatic carbocycles. The van der Waals surface area contributed by atoms with Crippen LogP contribution in [0, 0.1) is 0 Å². The van der Waals surface area contributed by atoms with E-state index in [4.69, 9.17) is 9.84 Å². The number of benzene rings is 2. The first kappa shape index (κ1) is 12.0. The Hall–Kier alpha value is -2.49. The molecule has 0 spiro atoms. The van der Waals surface area contributed by atoms with Gasteiger partial charge in [0.2, 0.25) is 0 Å². The summed E-state index contributed by atoms with van der Waals surface area (Å²) in [5.74, 6) is -0.295. The van der Waals surface area contributed by atoms with E-state index in [1.165, 1.54) is 12.1 Å². The molecule has 0 saturated carbocycles. The number of aromatic carboxylic acids is 1. The zero-order chi connectivity index (χ0) is 13.0. The Balaban J connectivity index is 2.06. The lowest BCUT2D eigenvalue weighted by Crippen LogP contribution is -2.00. The van der Waals surface area contributed by atoms with Gasteiger partial charge in [-0.1, -0.05) is 18.2 Å². The normalized spacial score (nSPS) is 10.0. The molecule has 4 nitrogen and oxygen atoms in total. The molecule has 0 aromatic heterocycles. The van der Waals surface area contributed by atoms with Crippen LogP contribution in [0.2, 0.25) is 0 Å². The third-order valence-electron chi connectivity index (χ3n) is 2.40. The van der Waals surface area contributed by atoms with Crippen LogP contribution in [0.25, 0.3) is 0 Å². The van der Waals surface area contributed by atoms with Gasteiger partial charge in [-0.3, -0.25) is 0 Å². The van der Waals surface area contributed by atoms with E-state index in [0.29, 0.717) is 5.75 Å². The summed E-state index contributed by atoms with van der Waals surface area (Å²) in [5, 5.41) is 18.1. The second kappa shape index (κ2) is 5.23. The topological polar surface area (TPSA) is 66.8 Å². The van der Waals surface area contributed by atoms with Gasteiger partial charge in [0.05, 0.1) is 5.56 Å². The SMILES string of the molecule is O=C(O)c1cccc(COc2cccc(O)c2)c1. The number of ether oxygens (including phenoxy) is 1. The van der Waals surface area contributed by atoms with Gasteiger partial charge in [0.15, 0.2) is 0 Å². The van der Waals surface area contributed by atoms with Gasteiger partial charge in [-0.05, 0) is 29.8 Å². The molecule has 0 unspecified atom stereocenters. The number of phenolic OH excluding ortho intramolecular Hbond substituents is 1. The standard InChI is InChI=1S/C14H12O4/c15-12-5-2-6-13(8-12)18-9-10-3-1-4-11(7-10)14(16)17/h1-8,15H,9H2,(H,16,17). The maximum Gasteiger partial charge on any atom is 0.335 e. The van der Waals surface area contributed by atoms with Gasteiger partial charge < -0.3 is 14.9 Å². The van der Waals surface area contributed by atoms with Crippen LogP contribution in [0.1, 0.15) is 15.9 Å². The van der Waals surface area contributed by atoms with E-state index in [1.54, 1.807) is 36.4 Å². The number of hydrogen-bond acceptors (Lipinski definition) is 3. The lowest BCUT2D eigenvalue weighted by Gasteiger charge is -2.07. The van der Waals surface area contributed by atoms with E-state index in [0.717, 1.165) is 5.56 Å². The van der Waals surface area contributed by atoms with Crippen LogP contribution in [0.3, 0.4) is 0 Å². The van der Waals surface area contributed by atoms with Gasteiger partial charge in [-0.2, -0.15) is 0 Å². The Morgan fingerprint density at radius 3 is 2.61 bits per heavy atom. The van der Waals surface area contributed by atoms with Gasteiger partial charge in [0, 0.05) is 6.07 Å². The molecule has 0 heterocycles. The highest BCUT2D eigenvalue weighted by atomic mass is 16.5. The number of hydrogen-bond donors (Lipinski definition) is 2. The first-order chi connectivity index (χ1) is 8.65. The van der Waals surface area contributed by atoms with Crippen LogP contribution in [0.15, 0.2) is 48.5 Å². The molecular weight excluding hydrogens is 232 g/mol. The van der Waals surface area contributed by atoms with Crippen LogP contribution in [0.5, 0.6) is 11.5 Å². The predicted molar refractivity (Wildman–Crippen MR) is 65.8 cm³/mol. The second-order valence-corrected chi connectivity index (χ2v) is 3.79. The Labute approximate surface area is 104 Å². The molecule has 0 aliphatic rings. The molecule has 18 heavy (non-hydrogen) atoms. The highest BCUT2D eigenvalue weighted by Crippen LogP contribution is 2.19. The second-order valence-electron chi connectivity index (χ2n) is 3.79. The Morgan fingerprint density at radius 1 is 1.11 bits per heavy atom. The van der Waals surface area contributed by atoms with E-state index < -0.39 is 5.97 Å². The lowest BCUT2D eigenvalue weighted by atomic mass is 10.1. The fourth-order valence-electron chi connectivity index (χ4n) is 1.53. The van der Waals surface area contributed by atoms with Crippen LogP contribution in [0.4, 0.5) is 0 Å². The third kappa shape index (κ3) is 3.01. The third-order valence-corrected chi connectivity index (χ3v) is 2.40. The molecule has 4 heteroatoms. The van der Waals surface area contributed by atoms with Crippen molar-refractivity contribution in [2.24, 2.45) is 0 Å². The van der Waals surface area contributed by atoms with E-state index >= 15 is 0 Å². The zero-order valence-electron chi connectivity index (χ0n) is 9.54. The van der Waals surface area contributed by atoms with Crippen molar-refractivity contribution < 1.29 is 19.7 Å². The molecule has 0 bridgehead atoms. The average Bonchev–Trinajstić information content (AvgIpc) is 2.37. The molecule has 2 rings (SSSR count). The van der Waals surface area contributed by atoms with Crippen LogP contribution >= 0.6 is 0 Å². The summed E-state index contributed by atoms with van der Waals surface area (Å²) in [6.45, 7) is 0.255. The maximum absolute atomic E-state index is 10.8. The van der Waals surface area contributed by atoms with E-state index in [1.807, 2.05) is 0 Å². The van der Waals surface area contributed by atoms with Gasteiger partial charge in [-0.15, -0.1) is 0 Å². The van der Waals surface area contributed by atoms with Crippen molar-refractivity contribution in [3.05, 3.63) is 59.7 Å². The number of carboxylic acids is 1. The van der Waals surface area contributed by atoms with Gasteiger partial charge in [0.25, 0.3) is 0 Å². The van der Waals surface area contributed by atoms with Crippen LogP contribution in [-0.2, 0) is 6.61 Å².